The standard InChI is InChI=1S/C17H31N5O2S/c1-15(22(3)14-16-8-6-5-7-9-16)10-11-19-17(18-2)20-12-13-21-25(4,23)24/h5-9,15,21H,10-14H2,1-4H3,(H2,18,19,20). The molecule has 3 N–H and O–H groups in total. The molecule has 0 aliphatic rings. The van der Waals surface area contributed by atoms with E-state index < -0.39 is 10.0 Å². The lowest BCUT2D eigenvalue weighted by Crippen LogP contribution is -2.42. The normalized spacial score (nSPS) is 13.7. The molecule has 25 heavy (non-hydrogen) atoms. The van der Waals surface area contributed by atoms with E-state index in [-0.39, 0.29) is 0 Å². The van der Waals surface area contributed by atoms with Crippen LogP contribution in [0.2, 0.25) is 0 Å². The van der Waals surface area contributed by atoms with Crippen molar-refractivity contribution in [1.29, 1.82) is 0 Å². The summed E-state index contributed by atoms with van der Waals surface area (Å²) >= 11 is 0. The molecule has 0 bridgehead atoms. The fraction of sp³-hybridized carbons (Fsp3) is 0.588. The number of nitrogens with zero attached hydrogens (tertiary/aromatic N) is 2. The molecule has 1 aromatic carbocycles. The molecule has 0 saturated heterocycles. The van der Waals surface area contributed by atoms with E-state index in [9.17, 15) is 8.42 Å². The number of sulfonamides is 1. The van der Waals surface area contributed by atoms with Crippen molar-refractivity contribution in [3.05, 3.63) is 35.9 Å². The monoisotopic (exact) mass is 369 g/mol. The highest BCUT2D eigenvalue weighted by Gasteiger charge is 2.09. The van der Waals surface area contributed by atoms with Crippen molar-refractivity contribution in [3.63, 3.8) is 0 Å². The van der Waals surface area contributed by atoms with Crippen LogP contribution in [0.15, 0.2) is 35.3 Å². The summed E-state index contributed by atoms with van der Waals surface area (Å²) in [5.74, 6) is 0.674. The fourth-order valence-electron chi connectivity index (χ4n) is 2.29. The zero-order chi connectivity index (χ0) is 18.7. The molecule has 1 atom stereocenters. The van der Waals surface area contributed by atoms with Gasteiger partial charge in [0, 0.05) is 39.3 Å². The molecule has 0 aliphatic carbocycles. The highest BCUT2D eigenvalue weighted by molar-refractivity contribution is 7.88. The van der Waals surface area contributed by atoms with Crippen LogP contribution >= 0.6 is 0 Å². The zero-order valence-corrected chi connectivity index (χ0v) is 16.4. The van der Waals surface area contributed by atoms with Gasteiger partial charge in [-0.25, -0.2) is 13.1 Å². The van der Waals surface area contributed by atoms with Crippen LogP contribution in [0.3, 0.4) is 0 Å². The molecule has 1 unspecified atom stereocenters. The quantitative estimate of drug-likeness (QED) is 0.320. The lowest BCUT2D eigenvalue weighted by molar-refractivity contribution is 0.238. The first-order valence-corrected chi connectivity index (χ1v) is 10.3. The topological polar surface area (TPSA) is 85.8 Å². The molecule has 0 heterocycles. The third kappa shape index (κ3) is 10.1. The van der Waals surface area contributed by atoms with Gasteiger partial charge in [0.25, 0.3) is 0 Å². The number of guanidine groups is 1. The van der Waals surface area contributed by atoms with Crippen LogP contribution in [0.25, 0.3) is 0 Å². The van der Waals surface area contributed by atoms with E-state index in [4.69, 9.17) is 0 Å². The molecule has 0 fully saturated rings. The van der Waals surface area contributed by atoms with Gasteiger partial charge in [-0.2, -0.15) is 0 Å². The van der Waals surface area contributed by atoms with Gasteiger partial charge in [0.05, 0.1) is 6.26 Å². The van der Waals surface area contributed by atoms with E-state index in [1.807, 2.05) is 6.07 Å². The summed E-state index contributed by atoms with van der Waals surface area (Å²) in [4.78, 5) is 6.46. The van der Waals surface area contributed by atoms with Crippen molar-refractivity contribution in [1.82, 2.24) is 20.3 Å². The number of rotatable bonds is 10. The van der Waals surface area contributed by atoms with Crippen LogP contribution < -0.4 is 15.4 Å². The largest absolute Gasteiger partial charge is 0.356 e. The Morgan fingerprint density at radius 3 is 2.40 bits per heavy atom. The summed E-state index contributed by atoms with van der Waals surface area (Å²) in [5.41, 5.74) is 1.31. The third-order valence-corrected chi connectivity index (χ3v) is 4.62. The van der Waals surface area contributed by atoms with Gasteiger partial charge >= 0.3 is 0 Å². The van der Waals surface area contributed by atoms with Gasteiger partial charge in [-0.1, -0.05) is 30.3 Å². The summed E-state index contributed by atoms with van der Waals surface area (Å²) < 4.78 is 24.4. The van der Waals surface area contributed by atoms with Gasteiger partial charge in [0.1, 0.15) is 0 Å². The highest BCUT2D eigenvalue weighted by Crippen LogP contribution is 2.07. The molecule has 7 nitrogen and oxygen atoms in total. The second-order valence-electron chi connectivity index (χ2n) is 6.13. The molecule has 0 amide bonds. The SMILES string of the molecule is CN=C(NCCNS(C)(=O)=O)NCCC(C)N(C)Cc1ccccc1. The Balaban J connectivity index is 2.24. The molecule has 1 rings (SSSR count). The Morgan fingerprint density at radius 1 is 1.16 bits per heavy atom. The van der Waals surface area contributed by atoms with Crippen LogP contribution in [0.1, 0.15) is 18.9 Å². The molecule has 0 saturated carbocycles. The predicted octanol–water partition coefficient (Wildman–Crippen LogP) is 0.611. The van der Waals surface area contributed by atoms with Gasteiger partial charge in [0.2, 0.25) is 10.0 Å². The van der Waals surface area contributed by atoms with Gasteiger partial charge in [-0.3, -0.25) is 9.89 Å². The fourth-order valence-corrected chi connectivity index (χ4v) is 2.76. The highest BCUT2D eigenvalue weighted by atomic mass is 32.2. The second-order valence-corrected chi connectivity index (χ2v) is 7.96. The lowest BCUT2D eigenvalue weighted by Gasteiger charge is -2.25. The average Bonchev–Trinajstić information content (AvgIpc) is 2.56. The third-order valence-electron chi connectivity index (χ3n) is 3.89. The number of aliphatic imine (C=N–C) groups is 1. The van der Waals surface area contributed by atoms with Crippen LogP contribution in [0.5, 0.6) is 0 Å². The maximum Gasteiger partial charge on any atom is 0.208 e. The summed E-state index contributed by atoms with van der Waals surface area (Å²) in [6.07, 6.45) is 2.12. The van der Waals surface area contributed by atoms with Gasteiger partial charge < -0.3 is 10.6 Å². The molecule has 0 radical (unpaired) electrons. The maximum atomic E-state index is 11.0. The number of hydrogen-bond acceptors (Lipinski definition) is 4. The van der Waals surface area contributed by atoms with E-state index in [1.54, 1.807) is 7.05 Å². The Hall–Kier alpha value is -1.64. The average molecular weight is 370 g/mol. The molecule has 0 aliphatic heterocycles. The molecular formula is C17H31N5O2S. The minimum absolute atomic E-state index is 0.329. The first-order chi connectivity index (χ1) is 11.8. The number of benzene rings is 1. The Labute approximate surface area is 152 Å². The molecule has 0 aromatic heterocycles. The van der Waals surface area contributed by atoms with Gasteiger partial charge in [-0.15, -0.1) is 0 Å². The summed E-state index contributed by atoms with van der Waals surface area (Å²) in [6.45, 7) is 4.73. The summed E-state index contributed by atoms with van der Waals surface area (Å²) in [7, 11) is 0.677. The predicted molar refractivity (Wildman–Crippen MR) is 104 cm³/mol. The molecule has 142 valence electrons. The van der Waals surface area contributed by atoms with E-state index in [0.717, 1.165) is 25.8 Å². The number of hydrogen-bond donors (Lipinski definition) is 3. The van der Waals surface area contributed by atoms with E-state index in [2.05, 4.69) is 63.5 Å². The Bertz CT molecular complexity index is 619. The van der Waals surface area contributed by atoms with Crippen LogP contribution in [0, 0.1) is 0 Å². The van der Waals surface area contributed by atoms with Crippen molar-refractivity contribution >= 4 is 16.0 Å². The summed E-state index contributed by atoms with van der Waals surface area (Å²) in [6, 6.07) is 10.8. The Kier molecular flexibility index (Phi) is 9.48. The van der Waals surface area contributed by atoms with Gasteiger partial charge in [0.15, 0.2) is 5.96 Å². The molecule has 0 spiro atoms. The minimum atomic E-state index is -3.15. The smallest absolute Gasteiger partial charge is 0.208 e. The Morgan fingerprint density at radius 2 is 1.80 bits per heavy atom. The van der Waals surface area contributed by atoms with Crippen molar-refractivity contribution in [2.75, 3.05) is 40.0 Å². The van der Waals surface area contributed by atoms with Crippen LogP contribution in [0.4, 0.5) is 0 Å². The van der Waals surface area contributed by atoms with Crippen LogP contribution in [-0.4, -0.2) is 65.3 Å². The van der Waals surface area contributed by atoms with E-state index in [1.165, 1.54) is 5.56 Å². The van der Waals surface area contributed by atoms with Crippen molar-refractivity contribution in [2.45, 2.75) is 25.9 Å². The molecule has 1 aromatic rings. The minimum Gasteiger partial charge on any atom is -0.356 e. The van der Waals surface area contributed by atoms with E-state index >= 15 is 0 Å². The first kappa shape index (κ1) is 21.4. The second kappa shape index (κ2) is 11.1. The van der Waals surface area contributed by atoms with Crippen molar-refractivity contribution in [2.24, 2.45) is 4.99 Å². The number of nitrogens with one attached hydrogen (secondary N) is 3. The van der Waals surface area contributed by atoms with E-state index in [0.29, 0.717) is 25.1 Å². The van der Waals surface area contributed by atoms with Gasteiger partial charge in [-0.05, 0) is 26.0 Å². The van der Waals surface area contributed by atoms with Crippen LogP contribution in [-0.2, 0) is 16.6 Å². The molecule has 8 heteroatoms. The van der Waals surface area contributed by atoms with Crippen molar-refractivity contribution in [3.8, 4) is 0 Å². The molecular weight excluding hydrogens is 338 g/mol. The lowest BCUT2D eigenvalue weighted by atomic mass is 10.1. The zero-order valence-electron chi connectivity index (χ0n) is 15.6. The summed E-state index contributed by atoms with van der Waals surface area (Å²) in [5, 5.41) is 6.33. The maximum absolute atomic E-state index is 11.0. The van der Waals surface area contributed by atoms with Crippen molar-refractivity contribution < 1.29 is 8.42 Å². The first-order valence-electron chi connectivity index (χ1n) is 8.45.